The van der Waals surface area contributed by atoms with Gasteiger partial charge in [-0.15, -0.1) is 0 Å². The molecule has 0 atom stereocenters. The number of pyridine rings is 6. The predicted octanol–water partition coefficient (Wildman–Crippen LogP) is -1.71. The van der Waals surface area contributed by atoms with Crippen molar-refractivity contribution < 1.29 is 123 Å². The molecule has 0 amide bonds. The maximum atomic E-state index is 8.52. The van der Waals surface area contributed by atoms with E-state index in [0.29, 0.717) is 69.1 Å². The Balaban J connectivity index is -0.000000439. The molecule has 8 rings (SSSR count). The van der Waals surface area contributed by atoms with Gasteiger partial charge in [-0.2, -0.15) is 0 Å². The van der Waals surface area contributed by atoms with Crippen LogP contribution in [0.3, 0.4) is 0 Å². The van der Waals surface area contributed by atoms with Crippen LogP contribution in [0, 0.1) is 0 Å². The van der Waals surface area contributed by atoms with Crippen LogP contribution in [-0.4, -0.2) is 117 Å². The number of hydrogen-bond donors (Lipinski definition) is 0. The van der Waals surface area contributed by atoms with Gasteiger partial charge in [0.05, 0.1) is 0 Å². The predicted molar refractivity (Wildman–Crippen MR) is 224 cm³/mol. The first-order valence-electron chi connectivity index (χ1n) is 16.1. The Kier molecular flexibility index (Phi) is 33.3. The second-order valence-corrected chi connectivity index (χ2v) is 12.4. The van der Waals surface area contributed by atoms with E-state index in [1.165, 1.54) is 0 Å². The largest absolute Gasteiger partial charge is 2.00 e. The first kappa shape index (κ1) is 66.9. The van der Waals surface area contributed by atoms with Gasteiger partial charge in [-0.05, 0) is 72.8 Å². The smallest absolute Gasteiger partial charge is 0.759 e. The van der Waals surface area contributed by atoms with E-state index in [1.807, 2.05) is 109 Å². The van der Waals surface area contributed by atoms with E-state index < -0.39 is 20.8 Å². The van der Waals surface area contributed by atoms with Crippen molar-refractivity contribution in [3.63, 3.8) is 0 Å². The molecule has 0 aliphatic heterocycles. The van der Waals surface area contributed by atoms with Crippen LogP contribution in [0.4, 0.5) is 0 Å². The summed E-state index contributed by atoms with van der Waals surface area (Å²) < 4.78 is 68.2. The standard InChI is InChI=1S/2C18H12N6.2Cd.2H2O4S.6H2O/c2*1-4-10-19-13(7-1)16-22-17(14-8-2-5-11-20-14)24-18(23-16)15-9-3-6-12-21-15;;;2*1-5(2,3)4;;;;;;/h2*1-12H;;;2*(H2,1,2,3,4);6*1H2/q;;2*+2;;;;;;;;/p-2. The molecule has 0 aromatic carbocycles. The van der Waals surface area contributed by atoms with Gasteiger partial charge >= 0.3 is 54.6 Å². The summed E-state index contributed by atoms with van der Waals surface area (Å²) in [6.45, 7) is 0. The fourth-order valence-electron chi connectivity index (χ4n) is 4.41. The second kappa shape index (κ2) is 32.8. The van der Waals surface area contributed by atoms with E-state index in [9.17, 15) is 0 Å². The average Bonchev–Trinajstić information content (AvgIpc) is 3.24. The molecular formula is C36H38Cd2N12O14S2+2. The third-order valence-corrected chi connectivity index (χ3v) is 6.63. The van der Waals surface area contributed by atoms with Crippen LogP contribution >= 0.6 is 0 Å². The molecule has 0 saturated carbocycles. The van der Waals surface area contributed by atoms with Crippen molar-refractivity contribution >= 4 is 20.8 Å². The molecule has 0 fully saturated rings. The zero-order valence-corrected chi connectivity index (χ0v) is 43.6. The fourth-order valence-corrected chi connectivity index (χ4v) is 4.41. The minimum Gasteiger partial charge on any atom is -0.759 e. The molecule has 8 heterocycles. The van der Waals surface area contributed by atoms with Crippen molar-refractivity contribution in [1.82, 2.24) is 59.8 Å². The van der Waals surface area contributed by atoms with Crippen molar-refractivity contribution in [3.05, 3.63) is 146 Å². The van der Waals surface area contributed by atoms with E-state index in [0.717, 1.165) is 0 Å². The molecule has 0 spiro atoms. The number of aromatic nitrogens is 12. The Hall–Kier alpha value is -5.74. The van der Waals surface area contributed by atoms with Gasteiger partial charge in [0.15, 0.2) is 34.9 Å². The molecule has 66 heavy (non-hydrogen) atoms. The van der Waals surface area contributed by atoms with E-state index in [2.05, 4.69) is 59.8 Å². The first-order chi connectivity index (χ1) is 27.8. The summed E-state index contributed by atoms with van der Waals surface area (Å²) in [4.78, 5) is 53.1. The zero-order valence-electron chi connectivity index (χ0n) is 33.9. The van der Waals surface area contributed by atoms with Crippen molar-refractivity contribution in [2.45, 2.75) is 0 Å². The molecule has 0 bridgehead atoms. The molecule has 8 aromatic heterocycles. The molecule has 0 radical (unpaired) electrons. The SMILES string of the molecule is O.O.O.O.O=S(=O)([O-])[O-].O=S(=O)([O-])[O-].[Cd+2].[Cd+2].[OH3+].[OH3+].c1ccc(-c2nc(-c3ccccn3)nc(-c3ccccn3)n2)nc1.c1ccc(-c2nc(-c3ccccn3)nc(-c3ccccn3)n2)nc1. The van der Waals surface area contributed by atoms with Crippen LogP contribution in [0.25, 0.3) is 69.1 Å². The van der Waals surface area contributed by atoms with Crippen LogP contribution in [-0.2, 0) is 86.3 Å². The van der Waals surface area contributed by atoms with Gasteiger partial charge in [-0.3, -0.25) is 46.7 Å². The van der Waals surface area contributed by atoms with Gasteiger partial charge in [0.1, 0.15) is 34.2 Å². The van der Waals surface area contributed by atoms with E-state index in [-0.39, 0.29) is 87.5 Å². The van der Waals surface area contributed by atoms with E-state index >= 15 is 0 Å². The summed E-state index contributed by atoms with van der Waals surface area (Å²) in [5.41, 5.74) is 4.05. The minimum absolute atomic E-state index is 0. The summed E-state index contributed by atoms with van der Waals surface area (Å²) >= 11 is 0. The molecule has 14 N–H and O–H groups in total. The Morgan fingerprint density at radius 1 is 0.288 bits per heavy atom. The Bertz CT molecular complexity index is 2280. The Morgan fingerprint density at radius 2 is 0.409 bits per heavy atom. The van der Waals surface area contributed by atoms with Crippen LogP contribution in [0.2, 0.25) is 0 Å². The van der Waals surface area contributed by atoms with Crippen LogP contribution in [0.15, 0.2) is 146 Å². The molecule has 340 valence electrons. The van der Waals surface area contributed by atoms with Crippen molar-refractivity contribution in [2.24, 2.45) is 0 Å². The third-order valence-electron chi connectivity index (χ3n) is 6.63. The van der Waals surface area contributed by atoms with Crippen molar-refractivity contribution in [1.29, 1.82) is 0 Å². The van der Waals surface area contributed by atoms with Gasteiger partial charge < -0.3 is 51.1 Å². The van der Waals surface area contributed by atoms with Crippen LogP contribution in [0.5, 0.6) is 0 Å². The summed E-state index contributed by atoms with van der Waals surface area (Å²) in [6, 6.07) is 33.6. The van der Waals surface area contributed by atoms with E-state index in [1.54, 1.807) is 37.2 Å². The maximum absolute atomic E-state index is 8.52. The fraction of sp³-hybridized carbons (Fsp3) is 0. The molecule has 26 nitrogen and oxygen atoms in total. The van der Waals surface area contributed by atoms with Crippen molar-refractivity contribution in [2.75, 3.05) is 0 Å². The van der Waals surface area contributed by atoms with Gasteiger partial charge in [0.2, 0.25) is 0 Å². The van der Waals surface area contributed by atoms with E-state index in [4.69, 9.17) is 35.0 Å². The molecule has 0 aliphatic rings. The van der Waals surface area contributed by atoms with Gasteiger partial charge in [0.25, 0.3) is 0 Å². The van der Waals surface area contributed by atoms with Crippen molar-refractivity contribution in [3.8, 4) is 69.1 Å². The number of hydrogen-bond acceptors (Lipinski definition) is 20. The van der Waals surface area contributed by atoms with Gasteiger partial charge in [0, 0.05) is 58.0 Å². The Labute approximate surface area is 415 Å². The Morgan fingerprint density at radius 3 is 0.500 bits per heavy atom. The third kappa shape index (κ3) is 23.4. The second-order valence-electron chi connectivity index (χ2n) is 10.7. The molecule has 0 aliphatic carbocycles. The summed E-state index contributed by atoms with van der Waals surface area (Å²) in [7, 11) is -10.3. The van der Waals surface area contributed by atoms with Crippen LogP contribution in [0.1, 0.15) is 0 Å². The normalized spacial score (nSPS) is 9.39. The number of rotatable bonds is 6. The summed E-state index contributed by atoms with van der Waals surface area (Å²) in [5, 5.41) is 0. The topological polar surface area (TPSA) is 507 Å². The molecule has 0 saturated heterocycles. The molecule has 8 aromatic rings. The monoisotopic (exact) mass is 1150 g/mol. The molecular weight excluding hydrogens is 1110 g/mol. The average molecular weight is 1150 g/mol. The zero-order chi connectivity index (χ0) is 41.4. The molecule has 30 heteroatoms. The minimum atomic E-state index is -5.17. The van der Waals surface area contributed by atoms with Crippen LogP contribution < -0.4 is 0 Å². The summed E-state index contributed by atoms with van der Waals surface area (Å²) in [5.74, 6) is 2.96. The first-order valence-corrected chi connectivity index (χ1v) is 18.8. The van der Waals surface area contributed by atoms with Gasteiger partial charge in [-0.1, -0.05) is 36.4 Å². The number of nitrogens with zero attached hydrogens (tertiary/aromatic N) is 12. The molecule has 0 unspecified atom stereocenters. The quantitative estimate of drug-likeness (QED) is 0.0774. The summed E-state index contributed by atoms with van der Waals surface area (Å²) in [6.07, 6.45) is 10.3. The maximum Gasteiger partial charge on any atom is 2.00 e. The van der Waals surface area contributed by atoms with Gasteiger partial charge in [-0.25, -0.2) is 29.9 Å².